The van der Waals surface area contributed by atoms with Crippen LogP contribution >= 0.6 is 0 Å². The smallest absolute Gasteiger partial charge is 0.317 e. The minimum atomic E-state index is -0.808. The highest BCUT2D eigenvalue weighted by atomic mass is 16.5. The van der Waals surface area contributed by atoms with Gasteiger partial charge in [0.1, 0.15) is 18.1 Å². The molecule has 0 unspecified atom stereocenters. The minimum absolute atomic E-state index is 0.0554. The van der Waals surface area contributed by atoms with Crippen LogP contribution in [-0.4, -0.2) is 49.3 Å². The van der Waals surface area contributed by atoms with Gasteiger partial charge in [-0.15, -0.1) is 0 Å². The molecule has 106 valence electrons. The summed E-state index contributed by atoms with van der Waals surface area (Å²) in [6.07, 6.45) is 0.926. The average molecular weight is 267 g/mol. The van der Waals surface area contributed by atoms with Gasteiger partial charge in [0, 0.05) is 6.54 Å². The Morgan fingerprint density at radius 2 is 1.84 bits per heavy atom. The van der Waals surface area contributed by atoms with E-state index in [1.807, 2.05) is 36.1 Å². The summed E-state index contributed by atoms with van der Waals surface area (Å²) in [6, 6.07) is 7.33. The van der Waals surface area contributed by atoms with E-state index in [4.69, 9.17) is 14.6 Å². The van der Waals surface area contributed by atoms with Gasteiger partial charge in [-0.1, -0.05) is 6.92 Å². The Morgan fingerprint density at radius 3 is 2.37 bits per heavy atom. The Bertz CT molecular complexity index is 378. The SMILES string of the molecule is CCCN(CCOc1ccc(OC)cc1)CC(=O)O. The van der Waals surface area contributed by atoms with Crippen molar-refractivity contribution >= 4 is 5.97 Å². The van der Waals surface area contributed by atoms with Crippen LogP contribution in [0.15, 0.2) is 24.3 Å². The Hall–Kier alpha value is -1.75. The first kappa shape index (κ1) is 15.3. The first-order valence-electron chi connectivity index (χ1n) is 6.36. The van der Waals surface area contributed by atoms with Crippen LogP contribution in [0.4, 0.5) is 0 Å². The molecular weight excluding hydrogens is 246 g/mol. The average Bonchev–Trinajstić information content (AvgIpc) is 2.39. The number of carbonyl (C=O) groups is 1. The van der Waals surface area contributed by atoms with Crippen LogP contribution in [0.5, 0.6) is 11.5 Å². The van der Waals surface area contributed by atoms with Crippen molar-refractivity contribution in [3.8, 4) is 11.5 Å². The molecule has 5 nitrogen and oxygen atoms in total. The molecule has 0 saturated heterocycles. The van der Waals surface area contributed by atoms with E-state index in [0.29, 0.717) is 13.2 Å². The van der Waals surface area contributed by atoms with Gasteiger partial charge in [0.05, 0.1) is 13.7 Å². The van der Waals surface area contributed by atoms with E-state index in [1.165, 1.54) is 0 Å². The highest BCUT2D eigenvalue weighted by Gasteiger charge is 2.08. The first-order valence-corrected chi connectivity index (χ1v) is 6.36. The molecule has 0 aliphatic rings. The van der Waals surface area contributed by atoms with Gasteiger partial charge in [-0.3, -0.25) is 9.69 Å². The topological polar surface area (TPSA) is 59.0 Å². The summed E-state index contributed by atoms with van der Waals surface area (Å²) in [5, 5.41) is 8.79. The third-order valence-electron chi connectivity index (χ3n) is 2.63. The van der Waals surface area contributed by atoms with E-state index in [2.05, 4.69) is 0 Å². The van der Waals surface area contributed by atoms with E-state index in [1.54, 1.807) is 7.11 Å². The summed E-state index contributed by atoms with van der Waals surface area (Å²) >= 11 is 0. The lowest BCUT2D eigenvalue weighted by Gasteiger charge is -2.19. The summed E-state index contributed by atoms with van der Waals surface area (Å²) in [5.74, 6) is 0.733. The summed E-state index contributed by atoms with van der Waals surface area (Å²) in [4.78, 5) is 12.6. The Morgan fingerprint density at radius 1 is 1.21 bits per heavy atom. The molecule has 0 spiro atoms. The minimum Gasteiger partial charge on any atom is -0.497 e. The molecule has 1 rings (SSSR count). The zero-order chi connectivity index (χ0) is 14.1. The lowest BCUT2D eigenvalue weighted by atomic mass is 10.3. The van der Waals surface area contributed by atoms with Crippen LogP contribution in [0.25, 0.3) is 0 Å². The number of hydrogen-bond donors (Lipinski definition) is 1. The zero-order valence-corrected chi connectivity index (χ0v) is 11.5. The number of rotatable bonds is 9. The second kappa shape index (κ2) is 8.37. The molecule has 0 aliphatic carbocycles. The van der Waals surface area contributed by atoms with E-state index >= 15 is 0 Å². The highest BCUT2D eigenvalue weighted by molar-refractivity contribution is 5.69. The van der Waals surface area contributed by atoms with Crippen molar-refractivity contribution in [2.45, 2.75) is 13.3 Å². The summed E-state index contributed by atoms with van der Waals surface area (Å²) < 4.78 is 10.6. The predicted molar refractivity (Wildman–Crippen MR) is 72.9 cm³/mol. The number of benzene rings is 1. The lowest BCUT2D eigenvalue weighted by molar-refractivity contribution is -0.138. The molecular formula is C14H21NO4. The van der Waals surface area contributed by atoms with Crippen molar-refractivity contribution < 1.29 is 19.4 Å². The molecule has 19 heavy (non-hydrogen) atoms. The van der Waals surface area contributed by atoms with Gasteiger partial charge >= 0.3 is 5.97 Å². The third-order valence-corrected chi connectivity index (χ3v) is 2.63. The third kappa shape index (κ3) is 6.10. The van der Waals surface area contributed by atoms with Gasteiger partial charge in [0.25, 0.3) is 0 Å². The molecule has 0 aliphatic heterocycles. The van der Waals surface area contributed by atoms with Gasteiger partial charge in [-0.2, -0.15) is 0 Å². The summed E-state index contributed by atoms with van der Waals surface area (Å²) in [6.45, 7) is 3.92. The fourth-order valence-corrected chi connectivity index (χ4v) is 1.74. The van der Waals surface area contributed by atoms with E-state index in [0.717, 1.165) is 24.5 Å². The van der Waals surface area contributed by atoms with Crippen LogP contribution in [0.3, 0.4) is 0 Å². The maximum atomic E-state index is 10.7. The second-order valence-electron chi connectivity index (χ2n) is 4.19. The van der Waals surface area contributed by atoms with E-state index in [-0.39, 0.29) is 6.54 Å². The van der Waals surface area contributed by atoms with Crippen molar-refractivity contribution in [3.63, 3.8) is 0 Å². The van der Waals surface area contributed by atoms with Gasteiger partial charge in [-0.05, 0) is 37.2 Å². The van der Waals surface area contributed by atoms with Crippen LogP contribution in [0.2, 0.25) is 0 Å². The molecule has 0 fully saturated rings. The monoisotopic (exact) mass is 267 g/mol. The Kier molecular flexibility index (Phi) is 6.74. The number of carboxylic acids is 1. The standard InChI is InChI=1S/C14H21NO4/c1-3-8-15(11-14(16)17)9-10-19-13-6-4-12(18-2)5-7-13/h4-7H,3,8-11H2,1-2H3,(H,16,17). The van der Waals surface area contributed by atoms with Crippen molar-refractivity contribution in [2.24, 2.45) is 0 Å². The number of methoxy groups -OCH3 is 1. The van der Waals surface area contributed by atoms with Gasteiger partial charge < -0.3 is 14.6 Å². The number of carboxylic acid groups (broad SMARTS) is 1. The summed E-state index contributed by atoms with van der Waals surface area (Å²) in [7, 11) is 1.62. The molecule has 5 heteroatoms. The molecule has 0 radical (unpaired) electrons. The van der Waals surface area contributed by atoms with Gasteiger partial charge in [0.2, 0.25) is 0 Å². The van der Waals surface area contributed by atoms with Gasteiger partial charge in [0.15, 0.2) is 0 Å². The number of aliphatic carboxylic acids is 1. The maximum absolute atomic E-state index is 10.7. The van der Waals surface area contributed by atoms with Crippen LogP contribution < -0.4 is 9.47 Å². The van der Waals surface area contributed by atoms with Crippen molar-refractivity contribution in [1.82, 2.24) is 4.90 Å². The highest BCUT2D eigenvalue weighted by Crippen LogP contribution is 2.16. The molecule has 1 aromatic rings. The maximum Gasteiger partial charge on any atom is 0.317 e. The fourth-order valence-electron chi connectivity index (χ4n) is 1.74. The normalized spacial score (nSPS) is 10.5. The van der Waals surface area contributed by atoms with Crippen LogP contribution in [0.1, 0.15) is 13.3 Å². The largest absolute Gasteiger partial charge is 0.497 e. The zero-order valence-electron chi connectivity index (χ0n) is 11.5. The van der Waals surface area contributed by atoms with Crippen molar-refractivity contribution in [2.75, 3.05) is 33.4 Å². The van der Waals surface area contributed by atoms with Crippen molar-refractivity contribution in [3.05, 3.63) is 24.3 Å². The fraction of sp³-hybridized carbons (Fsp3) is 0.500. The summed E-state index contributed by atoms with van der Waals surface area (Å²) in [5.41, 5.74) is 0. The van der Waals surface area contributed by atoms with Crippen molar-refractivity contribution in [1.29, 1.82) is 0 Å². The van der Waals surface area contributed by atoms with Crippen LogP contribution in [-0.2, 0) is 4.79 Å². The first-order chi connectivity index (χ1) is 9.15. The molecule has 1 aromatic carbocycles. The van der Waals surface area contributed by atoms with Gasteiger partial charge in [-0.25, -0.2) is 0 Å². The number of nitrogens with zero attached hydrogens (tertiary/aromatic N) is 1. The number of hydrogen-bond acceptors (Lipinski definition) is 4. The molecule has 0 saturated carbocycles. The molecule has 0 bridgehead atoms. The quantitative estimate of drug-likeness (QED) is 0.740. The predicted octanol–water partition coefficient (Wildman–Crippen LogP) is 1.87. The molecule has 0 heterocycles. The van der Waals surface area contributed by atoms with E-state index in [9.17, 15) is 4.79 Å². The van der Waals surface area contributed by atoms with Crippen LogP contribution in [0, 0.1) is 0 Å². The Labute approximate surface area is 113 Å². The number of ether oxygens (including phenoxy) is 2. The second-order valence-corrected chi connectivity index (χ2v) is 4.19. The van der Waals surface area contributed by atoms with E-state index < -0.39 is 5.97 Å². The lowest BCUT2D eigenvalue weighted by Crippen LogP contribution is -2.34. The molecule has 0 amide bonds. The molecule has 0 aromatic heterocycles. The molecule has 0 atom stereocenters. The molecule has 1 N–H and O–H groups in total. The Balaban J connectivity index is 2.35.